The van der Waals surface area contributed by atoms with E-state index in [0.717, 1.165) is 28.9 Å². The van der Waals surface area contributed by atoms with Crippen LogP contribution in [0.5, 0.6) is 5.75 Å². The molecule has 0 fully saturated rings. The number of amides is 1. The van der Waals surface area contributed by atoms with Crippen molar-refractivity contribution in [3.05, 3.63) is 64.2 Å². The summed E-state index contributed by atoms with van der Waals surface area (Å²) in [6.07, 6.45) is 0.725. The molecule has 1 heterocycles. The SMILES string of the molecule is COc1cccc2c1CCN(C(=O)c1cc(C)cc(C(=O)O)c1)C2. The number of benzene rings is 2. The summed E-state index contributed by atoms with van der Waals surface area (Å²) in [6, 6.07) is 10.6. The van der Waals surface area contributed by atoms with Crippen LogP contribution in [-0.2, 0) is 13.0 Å². The minimum Gasteiger partial charge on any atom is -0.496 e. The first-order valence-electron chi connectivity index (χ1n) is 7.78. The molecule has 0 aromatic heterocycles. The average Bonchev–Trinajstić information content (AvgIpc) is 2.59. The Kier molecular flexibility index (Phi) is 4.25. The van der Waals surface area contributed by atoms with E-state index in [1.165, 1.54) is 6.07 Å². The third kappa shape index (κ3) is 2.97. The van der Waals surface area contributed by atoms with Crippen molar-refractivity contribution in [2.24, 2.45) is 0 Å². The number of ether oxygens (including phenoxy) is 1. The Bertz CT molecular complexity index is 813. The van der Waals surface area contributed by atoms with Gasteiger partial charge in [-0.3, -0.25) is 4.79 Å². The van der Waals surface area contributed by atoms with Crippen molar-refractivity contribution in [3.8, 4) is 5.75 Å². The van der Waals surface area contributed by atoms with Gasteiger partial charge in [0.05, 0.1) is 12.7 Å². The summed E-state index contributed by atoms with van der Waals surface area (Å²) >= 11 is 0. The van der Waals surface area contributed by atoms with Gasteiger partial charge in [-0.15, -0.1) is 0 Å². The molecular weight excluding hydrogens is 306 g/mol. The largest absolute Gasteiger partial charge is 0.496 e. The second-order valence-corrected chi connectivity index (χ2v) is 5.97. The summed E-state index contributed by atoms with van der Waals surface area (Å²) in [6.45, 7) is 2.88. The quantitative estimate of drug-likeness (QED) is 0.942. The van der Waals surface area contributed by atoms with Crippen LogP contribution in [0.15, 0.2) is 36.4 Å². The van der Waals surface area contributed by atoms with Crippen LogP contribution in [0.3, 0.4) is 0 Å². The molecule has 0 unspecified atom stereocenters. The lowest BCUT2D eigenvalue weighted by atomic mass is 9.97. The second kappa shape index (κ2) is 6.35. The first kappa shape index (κ1) is 16.1. The highest BCUT2D eigenvalue weighted by atomic mass is 16.5. The highest BCUT2D eigenvalue weighted by Crippen LogP contribution is 2.28. The molecule has 0 radical (unpaired) electrons. The number of carbonyl (C=O) groups is 2. The van der Waals surface area contributed by atoms with E-state index in [4.69, 9.17) is 4.74 Å². The number of aryl methyl sites for hydroxylation is 1. The van der Waals surface area contributed by atoms with Crippen LogP contribution in [0.1, 0.15) is 37.4 Å². The van der Waals surface area contributed by atoms with E-state index < -0.39 is 5.97 Å². The van der Waals surface area contributed by atoms with E-state index >= 15 is 0 Å². The van der Waals surface area contributed by atoms with Crippen molar-refractivity contribution >= 4 is 11.9 Å². The third-order valence-corrected chi connectivity index (χ3v) is 4.30. The monoisotopic (exact) mass is 325 g/mol. The van der Waals surface area contributed by atoms with Crippen LogP contribution in [0.2, 0.25) is 0 Å². The van der Waals surface area contributed by atoms with Crippen molar-refractivity contribution in [1.82, 2.24) is 4.90 Å². The average molecular weight is 325 g/mol. The Morgan fingerprint density at radius 1 is 1.17 bits per heavy atom. The molecule has 5 nitrogen and oxygen atoms in total. The standard InChI is InChI=1S/C19H19NO4/c1-12-8-14(10-15(9-12)19(22)23)18(21)20-7-6-16-13(11-20)4-3-5-17(16)24-2/h3-5,8-10H,6-7,11H2,1-2H3,(H,22,23). The molecule has 2 aromatic rings. The molecule has 24 heavy (non-hydrogen) atoms. The Labute approximate surface area is 140 Å². The molecule has 1 N–H and O–H groups in total. The normalized spacial score (nSPS) is 13.3. The van der Waals surface area contributed by atoms with Gasteiger partial charge in [0.25, 0.3) is 5.91 Å². The molecule has 0 atom stereocenters. The predicted molar refractivity (Wildman–Crippen MR) is 89.6 cm³/mol. The predicted octanol–water partition coefficient (Wildman–Crippen LogP) is 2.90. The van der Waals surface area contributed by atoms with Gasteiger partial charge in [-0.25, -0.2) is 4.79 Å². The fourth-order valence-corrected chi connectivity index (χ4v) is 3.15. The molecule has 124 valence electrons. The van der Waals surface area contributed by atoms with Gasteiger partial charge in [0.2, 0.25) is 0 Å². The Morgan fingerprint density at radius 3 is 2.62 bits per heavy atom. The van der Waals surface area contributed by atoms with E-state index in [2.05, 4.69) is 0 Å². The maximum atomic E-state index is 12.8. The Hall–Kier alpha value is -2.82. The van der Waals surface area contributed by atoms with Crippen molar-refractivity contribution in [2.75, 3.05) is 13.7 Å². The molecule has 1 aliphatic rings. The number of hydrogen-bond donors (Lipinski definition) is 1. The van der Waals surface area contributed by atoms with E-state index in [0.29, 0.717) is 18.7 Å². The van der Waals surface area contributed by atoms with Crippen LogP contribution >= 0.6 is 0 Å². The first-order valence-corrected chi connectivity index (χ1v) is 7.78. The zero-order valence-corrected chi connectivity index (χ0v) is 13.7. The number of methoxy groups -OCH3 is 1. The molecule has 5 heteroatoms. The second-order valence-electron chi connectivity index (χ2n) is 5.97. The zero-order valence-electron chi connectivity index (χ0n) is 13.7. The van der Waals surface area contributed by atoms with E-state index in [1.54, 1.807) is 31.1 Å². The van der Waals surface area contributed by atoms with Gasteiger partial charge in [0, 0.05) is 24.2 Å². The number of fused-ring (bicyclic) bond motifs is 1. The van der Waals surface area contributed by atoms with Gasteiger partial charge in [-0.2, -0.15) is 0 Å². The summed E-state index contributed by atoms with van der Waals surface area (Å²) in [4.78, 5) is 25.7. The molecule has 0 aliphatic carbocycles. The highest BCUT2D eigenvalue weighted by Gasteiger charge is 2.24. The summed E-state index contributed by atoms with van der Waals surface area (Å²) in [7, 11) is 1.65. The van der Waals surface area contributed by atoms with Crippen LogP contribution in [0, 0.1) is 6.92 Å². The van der Waals surface area contributed by atoms with Gasteiger partial charge in [-0.05, 0) is 48.7 Å². The number of hydrogen-bond acceptors (Lipinski definition) is 3. The molecule has 3 rings (SSSR count). The van der Waals surface area contributed by atoms with Gasteiger partial charge in [-0.1, -0.05) is 12.1 Å². The number of carboxylic acids is 1. The minimum atomic E-state index is -1.03. The van der Waals surface area contributed by atoms with Gasteiger partial charge >= 0.3 is 5.97 Å². The highest BCUT2D eigenvalue weighted by molar-refractivity contribution is 5.98. The van der Waals surface area contributed by atoms with Gasteiger partial charge < -0.3 is 14.7 Å². The summed E-state index contributed by atoms with van der Waals surface area (Å²) < 4.78 is 5.38. The van der Waals surface area contributed by atoms with Crippen molar-refractivity contribution in [3.63, 3.8) is 0 Å². The van der Waals surface area contributed by atoms with E-state index in [-0.39, 0.29) is 11.5 Å². The van der Waals surface area contributed by atoms with Gasteiger partial charge in [0.1, 0.15) is 5.75 Å². The molecule has 2 aromatic carbocycles. The fraction of sp³-hybridized carbons (Fsp3) is 0.263. The Morgan fingerprint density at radius 2 is 1.92 bits per heavy atom. The summed E-state index contributed by atoms with van der Waals surface area (Å²) in [5.74, 6) is -0.320. The molecule has 0 saturated heterocycles. The number of carboxylic acid groups (broad SMARTS) is 1. The maximum Gasteiger partial charge on any atom is 0.335 e. The zero-order chi connectivity index (χ0) is 17.3. The number of nitrogens with zero attached hydrogens (tertiary/aromatic N) is 1. The van der Waals surface area contributed by atoms with Crippen LogP contribution in [0.4, 0.5) is 0 Å². The topological polar surface area (TPSA) is 66.8 Å². The number of rotatable bonds is 3. The van der Waals surface area contributed by atoms with E-state index in [1.807, 2.05) is 18.2 Å². The molecule has 0 bridgehead atoms. The summed E-state index contributed by atoms with van der Waals surface area (Å²) in [5, 5.41) is 9.17. The summed E-state index contributed by atoms with van der Waals surface area (Å²) in [5.41, 5.74) is 3.52. The van der Waals surface area contributed by atoms with Crippen molar-refractivity contribution in [2.45, 2.75) is 19.9 Å². The molecule has 1 aliphatic heterocycles. The van der Waals surface area contributed by atoms with Crippen LogP contribution in [-0.4, -0.2) is 35.5 Å². The molecule has 0 saturated carbocycles. The lowest BCUT2D eigenvalue weighted by Gasteiger charge is -2.30. The number of aromatic carboxylic acids is 1. The van der Waals surface area contributed by atoms with Crippen LogP contribution < -0.4 is 4.74 Å². The van der Waals surface area contributed by atoms with Crippen molar-refractivity contribution in [1.29, 1.82) is 0 Å². The van der Waals surface area contributed by atoms with Gasteiger partial charge in [0.15, 0.2) is 0 Å². The molecule has 0 spiro atoms. The maximum absolute atomic E-state index is 12.8. The Balaban J connectivity index is 1.88. The lowest BCUT2D eigenvalue weighted by molar-refractivity contribution is 0.0696. The minimum absolute atomic E-state index is 0.137. The van der Waals surface area contributed by atoms with Crippen molar-refractivity contribution < 1.29 is 19.4 Å². The first-order chi connectivity index (χ1) is 11.5. The molecular formula is C19H19NO4. The molecule has 1 amide bonds. The lowest BCUT2D eigenvalue weighted by Crippen LogP contribution is -2.36. The fourth-order valence-electron chi connectivity index (χ4n) is 3.15. The van der Waals surface area contributed by atoms with E-state index in [9.17, 15) is 14.7 Å². The smallest absolute Gasteiger partial charge is 0.335 e. The third-order valence-electron chi connectivity index (χ3n) is 4.30. The number of carbonyl (C=O) groups excluding carboxylic acids is 1. The van der Waals surface area contributed by atoms with Crippen LogP contribution in [0.25, 0.3) is 0 Å².